The van der Waals surface area contributed by atoms with Gasteiger partial charge >= 0.3 is 5.97 Å². The van der Waals surface area contributed by atoms with Crippen molar-refractivity contribution in [1.29, 1.82) is 0 Å². The van der Waals surface area contributed by atoms with Crippen LogP contribution in [0.2, 0.25) is 0 Å². The van der Waals surface area contributed by atoms with Gasteiger partial charge in [0.25, 0.3) is 0 Å². The molecule has 4 atom stereocenters. The van der Waals surface area contributed by atoms with Crippen LogP contribution < -0.4 is 5.73 Å². The summed E-state index contributed by atoms with van der Waals surface area (Å²) in [6.07, 6.45) is 0.0596. The summed E-state index contributed by atoms with van der Waals surface area (Å²) in [5.74, 6) is -1.36. The Morgan fingerprint density at radius 1 is 1.10 bits per heavy atom. The Kier molecular flexibility index (Phi) is 6.65. The van der Waals surface area contributed by atoms with Crippen LogP contribution in [0.25, 0.3) is 0 Å². The third kappa shape index (κ3) is 4.49. The van der Waals surface area contributed by atoms with E-state index in [1.54, 1.807) is 35.7 Å². The monoisotopic (exact) mass is 453 g/mol. The number of carbonyl (C=O) groups is 3. The van der Waals surface area contributed by atoms with Crippen LogP contribution in [-0.2, 0) is 14.4 Å². The highest BCUT2D eigenvalue weighted by molar-refractivity contribution is 8.01. The van der Waals surface area contributed by atoms with Crippen molar-refractivity contribution >= 4 is 41.1 Å². The Hall–Kier alpha value is -2.35. The van der Waals surface area contributed by atoms with Gasteiger partial charge in [0.1, 0.15) is 5.78 Å². The van der Waals surface area contributed by atoms with Gasteiger partial charge in [-0.1, -0.05) is 48.5 Å². The molecular formula is C24H23NO4S2. The summed E-state index contributed by atoms with van der Waals surface area (Å²) in [6, 6.07) is 18.1. The molecule has 2 aliphatic rings. The number of Topliss-reactive ketones (excluding diaryl/α,β-unsaturated/α-hetero) is 2. The number of ketones is 2. The number of carboxylic acids is 1. The zero-order valence-electron chi connectivity index (χ0n) is 16.8. The number of aliphatic carboxylic acids is 1. The van der Waals surface area contributed by atoms with E-state index < -0.39 is 23.8 Å². The minimum atomic E-state index is -1.03. The van der Waals surface area contributed by atoms with Crippen molar-refractivity contribution in [1.82, 2.24) is 0 Å². The van der Waals surface area contributed by atoms with Gasteiger partial charge in [0, 0.05) is 39.6 Å². The fraction of sp³-hybridized carbons (Fsp3) is 0.292. The minimum absolute atomic E-state index is 0.0596. The third-order valence-corrected chi connectivity index (χ3v) is 8.45. The molecule has 1 saturated carbocycles. The first-order valence-corrected chi connectivity index (χ1v) is 12.1. The Balaban J connectivity index is 1.46. The number of thioether (sulfide) groups is 2. The average Bonchev–Trinajstić information content (AvgIpc) is 2.80. The smallest absolute Gasteiger partial charge is 0.332 e. The third-order valence-electron chi connectivity index (χ3n) is 5.85. The molecule has 0 spiro atoms. The van der Waals surface area contributed by atoms with Crippen LogP contribution in [-0.4, -0.2) is 39.4 Å². The molecule has 1 aliphatic heterocycles. The fourth-order valence-corrected chi connectivity index (χ4v) is 6.83. The lowest BCUT2D eigenvalue weighted by Gasteiger charge is -2.46. The molecule has 1 fully saturated rings. The van der Waals surface area contributed by atoms with Crippen molar-refractivity contribution in [3.05, 3.63) is 77.4 Å². The topological polar surface area (TPSA) is 97.5 Å². The highest BCUT2D eigenvalue weighted by Gasteiger charge is 2.56. The summed E-state index contributed by atoms with van der Waals surface area (Å²) >= 11 is 3.16. The molecule has 1 aliphatic carbocycles. The lowest BCUT2D eigenvalue weighted by atomic mass is 9.65. The van der Waals surface area contributed by atoms with E-state index in [1.165, 1.54) is 0 Å². The second-order valence-corrected chi connectivity index (χ2v) is 9.96. The number of benzene rings is 2. The molecule has 5 nitrogen and oxygen atoms in total. The number of nitrogens with two attached hydrogens (primary N) is 1. The highest BCUT2D eigenvalue weighted by Crippen LogP contribution is 2.50. The van der Waals surface area contributed by atoms with Crippen LogP contribution >= 0.6 is 23.5 Å². The Morgan fingerprint density at radius 2 is 1.74 bits per heavy atom. The molecule has 0 radical (unpaired) electrons. The maximum absolute atomic E-state index is 12.9. The number of carbonyl (C=O) groups excluding carboxylic acids is 2. The molecule has 160 valence electrons. The largest absolute Gasteiger partial charge is 0.478 e. The number of hydrogen-bond acceptors (Lipinski definition) is 6. The van der Waals surface area contributed by atoms with E-state index in [0.29, 0.717) is 11.5 Å². The van der Waals surface area contributed by atoms with E-state index in [2.05, 4.69) is 0 Å². The van der Waals surface area contributed by atoms with Gasteiger partial charge in [-0.15, -0.1) is 11.8 Å². The standard InChI is InChI=1S/C24H23NO4S2/c25-21(14-7-3-1-4-8-14)18(26)11-17-22(27)20-19(24(28)29)15(13-31-23(17)20)12-30-16-9-5-2-6-10-16/h1-10,17,20-21,23H,11-13,25H2,(H,28,29)/t17-,20?,21-,23-/m1/s1. The molecule has 3 N–H and O–H groups in total. The molecule has 4 rings (SSSR count). The van der Waals surface area contributed by atoms with Gasteiger partial charge in [-0.2, -0.15) is 11.8 Å². The summed E-state index contributed by atoms with van der Waals surface area (Å²) in [6.45, 7) is 0. The van der Waals surface area contributed by atoms with Crippen LogP contribution in [0.4, 0.5) is 0 Å². The maximum Gasteiger partial charge on any atom is 0.332 e. The van der Waals surface area contributed by atoms with Gasteiger partial charge < -0.3 is 10.8 Å². The molecule has 0 bridgehead atoms. The maximum atomic E-state index is 12.9. The van der Waals surface area contributed by atoms with Crippen molar-refractivity contribution in [2.75, 3.05) is 11.5 Å². The molecule has 0 saturated heterocycles. The van der Waals surface area contributed by atoms with Crippen molar-refractivity contribution < 1.29 is 19.5 Å². The molecule has 2 aromatic carbocycles. The number of carboxylic acid groups (broad SMARTS) is 1. The molecule has 0 amide bonds. The predicted octanol–water partition coefficient (Wildman–Crippen LogP) is 3.75. The van der Waals surface area contributed by atoms with Gasteiger partial charge in [-0.25, -0.2) is 4.79 Å². The predicted molar refractivity (Wildman–Crippen MR) is 123 cm³/mol. The first-order valence-electron chi connectivity index (χ1n) is 10.1. The number of fused-ring (bicyclic) bond motifs is 1. The van der Waals surface area contributed by atoms with E-state index in [-0.39, 0.29) is 28.8 Å². The van der Waals surface area contributed by atoms with Crippen LogP contribution in [0.1, 0.15) is 18.0 Å². The van der Waals surface area contributed by atoms with Gasteiger partial charge in [0.2, 0.25) is 0 Å². The normalized spacial score (nSPS) is 23.6. The summed E-state index contributed by atoms with van der Waals surface area (Å²) in [4.78, 5) is 38.7. The van der Waals surface area contributed by atoms with Crippen molar-refractivity contribution in [2.24, 2.45) is 17.6 Å². The highest BCUT2D eigenvalue weighted by atomic mass is 32.2. The zero-order valence-corrected chi connectivity index (χ0v) is 18.4. The molecule has 1 heterocycles. The van der Waals surface area contributed by atoms with Crippen molar-refractivity contribution in [2.45, 2.75) is 22.6 Å². The van der Waals surface area contributed by atoms with E-state index in [0.717, 1.165) is 16.0 Å². The van der Waals surface area contributed by atoms with Crippen molar-refractivity contribution in [3.63, 3.8) is 0 Å². The van der Waals surface area contributed by atoms with Gasteiger partial charge in [-0.3, -0.25) is 9.59 Å². The van der Waals surface area contributed by atoms with Gasteiger partial charge in [0.05, 0.1) is 12.0 Å². The Bertz CT molecular complexity index is 1020. The molecular weight excluding hydrogens is 430 g/mol. The zero-order chi connectivity index (χ0) is 22.0. The average molecular weight is 454 g/mol. The van der Waals surface area contributed by atoms with E-state index in [4.69, 9.17) is 5.73 Å². The number of rotatable bonds is 8. The number of hydrogen-bond donors (Lipinski definition) is 2. The Morgan fingerprint density at radius 3 is 2.39 bits per heavy atom. The van der Waals surface area contributed by atoms with E-state index in [1.807, 2.05) is 48.5 Å². The fourth-order valence-electron chi connectivity index (χ4n) is 4.18. The summed E-state index contributed by atoms with van der Waals surface area (Å²) in [5.41, 5.74) is 7.85. The molecule has 7 heteroatoms. The SMILES string of the molecule is N[C@@H](C(=O)C[C@@H]1C(=O)C2C(C(=O)O)=C(CSc3ccccc3)CS[C@@H]21)c1ccccc1. The van der Waals surface area contributed by atoms with Gasteiger partial charge in [-0.05, 0) is 23.3 Å². The quantitative estimate of drug-likeness (QED) is 0.588. The summed E-state index contributed by atoms with van der Waals surface area (Å²) in [7, 11) is 0. The van der Waals surface area contributed by atoms with Crippen LogP contribution in [0.3, 0.4) is 0 Å². The lowest BCUT2D eigenvalue weighted by molar-refractivity contribution is -0.141. The molecule has 31 heavy (non-hydrogen) atoms. The first-order chi connectivity index (χ1) is 15.0. The minimum Gasteiger partial charge on any atom is -0.478 e. The second-order valence-electron chi connectivity index (χ2n) is 7.75. The summed E-state index contributed by atoms with van der Waals surface area (Å²) in [5, 5.41) is 9.66. The Labute approximate surface area is 189 Å². The first kappa shape index (κ1) is 21.9. The van der Waals surface area contributed by atoms with Crippen LogP contribution in [0, 0.1) is 11.8 Å². The van der Waals surface area contributed by atoms with E-state index in [9.17, 15) is 19.5 Å². The molecule has 0 aromatic heterocycles. The summed E-state index contributed by atoms with van der Waals surface area (Å²) < 4.78 is 0. The molecule has 1 unspecified atom stereocenters. The van der Waals surface area contributed by atoms with E-state index >= 15 is 0 Å². The van der Waals surface area contributed by atoms with Gasteiger partial charge in [0.15, 0.2) is 5.78 Å². The lowest BCUT2D eigenvalue weighted by Crippen LogP contribution is -2.55. The van der Waals surface area contributed by atoms with Crippen molar-refractivity contribution in [3.8, 4) is 0 Å². The molecule has 2 aromatic rings. The second kappa shape index (κ2) is 9.42. The van der Waals surface area contributed by atoms with Crippen LogP contribution in [0.5, 0.6) is 0 Å². The van der Waals surface area contributed by atoms with Crippen LogP contribution in [0.15, 0.2) is 76.7 Å².